The molecule has 0 saturated heterocycles. The largest absolute Gasteiger partial charge is 0.497 e. The Balaban J connectivity index is 2.84. The van der Waals surface area contributed by atoms with E-state index in [4.69, 9.17) is 19.7 Å². The van der Waals surface area contributed by atoms with E-state index in [0.717, 1.165) is 4.90 Å². The zero-order chi connectivity index (χ0) is 16.5. The third kappa shape index (κ3) is 4.61. The molecule has 1 rings (SSSR count). The summed E-state index contributed by atoms with van der Waals surface area (Å²) in [6.45, 7) is -0.672. The maximum Gasteiger partial charge on any atom is 0.314 e. The van der Waals surface area contributed by atoms with Gasteiger partial charge in [-0.1, -0.05) is 0 Å². The Bertz CT molecular complexity index is 514. The Morgan fingerprint density at radius 3 is 2.27 bits per heavy atom. The summed E-state index contributed by atoms with van der Waals surface area (Å²) in [7, 11) is 2.92. The number of nitrogens with one attached hydrogen (secondary N) is 1. The summed E-state index contributed by atoms with van der Waals surface area (Å²) in [6, 6.07) is 4.73. The van der Waals surface area contributed by atoms with E-state index in [1.807, 2.05) is 0 Å². The van der Waals surface area contributed by atoms with Gasteiger partial charge in [0.05, 0.1) is 33.1 Å². The van der Waals surface area contributed by atoms with Crippen LogP contribution in [0.3, 0.4) is 0 Å². The van der Waals surface area contributed by atoms with E-state index >= 15 is 0 Å². The van der Waals surface area contributed by atoms with E-state index in [9.17, 15) is 9.59 Å². The van der Waals surface area contributed by atoms with E-state index in [1.165, 1.54) is 14.2 Å². The van der Waals surface area contributed by atoms with E-state index in [-0.39, 0.29) is 26.3 Å². The minimum Gasteiger partial charge on any atom is -0.497 e. The molecule has 0 fully saturated rings. The lowest BCUT2D eigenvalue weighted by Gasteiger charge is -2.20. The minimum atomic E-state index is -0.884. The molecule has 0 aliphatic heterocycles. The van der Waals surface area contributed by atoms with E-state index in [2.05, 4.69) is 5.32 Å². The minimum absolute atomic E-state index is 0.0352. The van der Waals surface area contributed by atoms with Crippen molar-refractivity contribution >= 4 is 17.5 Å². The first kappa shape index (κ1) is 17.7. The van der Waals surface area contributed by atoms with Gasteiger partial charge in [-0.25, -0.2) is 0 Å². The average Bonchev–Trinajstić information content (AvgIpc) is 2.54. The van der Waals surface area contributed by atoms with Gasteiger partial charge in [0.1, 0.15) is 11.5 Å². The molecule has 3 N–H and O–H groups in total. The number of ether oxygens (including phenoxy) is 2. The molecule has 0 unspecified atom stereocenters. The molecule has 0 aromatic heterocycles. The van der Waals surface area contributed by atoms with Gasteiger partial charge in [-0.2, -0.15) is 0 Å². The fourth-order valence-corrected chi connectivity index (χ4v) is 1.78. The molecule has 0 atom stereocenters. The molecule has 8 heteroatoms. The predicted octanol–water partition coefficient (Wildman–Crippen LogP) is -0.544. The second kappa shape index (κ2) is 8.85. The Morgan fingerprint density at radius 1 is 1.14 bits per heavy atom. The van der Waals surface area contributed by atoms with Gasteiger partial charge < -0.3 is 29.9 Å². The van der Waals surface area contributed by atoms with Crippen LogP contribution in [0, 0.1) is 0 Å². The first-order chi connectivity index (χ1) is 10.6. The number of amides is 2. The molecule has 0 bridgehead atoms. The SMILES string of the molecule is COc1ccc(NC(=O)C(=O)N(CCO)CCO)c(OC)c1. The van der Waals surface area contributed by atoms with Gasteiger partial charge in [0.2, 0.25) is 0 Å². The first-order valence-corrected chi connectivity index (χ1v) is 6.61. The third-order valence-electron chi connectivity index (χ3n) is 2.88. The predicted molar refractivity (Wildman–Crippen MR) is 78.9 cm³/mol. The molecule has 8 nitrogen and oxygen atoms in total. The van der Waals surface area contributed by atoms with Gasteiger partial charge in [-0.15, -0.1) is 0 Å². The maximum absolute atomic E-state index is 12.0. The number of hydrogen-bond acceptors (Lipinski definition) is 6. The summed E-state index contributed by atoms with van der Waals surface area (Å²) in [5, 5.41) is 20.2. The van der Waals surface area contributed by atoms with E-state index in [0.29, 0.717) is 17.2 Å². The summed E-state index contributed by atoms with van der Waals surface area (Å²) in [5.41, 5.74) is 0.314. The van der Waals surface area contributed by atoms with Crippen LogP contribution in [-0.4, -0.2) is 67.5 Å². The number of aliphatic hydroxyl groups is 2. The van der Waals surface area contributed by atoms with Gasteiger partial charge >= 0.3 is 11.8 Å². The summed E-state index contributed by atoms with van der Waals surface area (Å²) in [4.78, 5) is 25.0. The van der Waals surface area contributed by atoms with Crippen LogP contribution < -0.4 is 14.8 Å². The molecule has 22 heavy (non-hydrogen) atoms. The monoisotopic (exact) mass is 312 g/mol. The molecule has 1 aromatic carbocycles. The number of benzene rings is 1. The summed E-state index contributed by atoms with van der Waals surface area (Å²) >= 11 is 0. The Morgan fingerprint density at radius 2 is 1.77 bits per heavy atom. The Kier molecular flexibility index (Phi) is 7.14. The molecule has 2 amide bonds. The van der Waals surface area contributed by atoms with E-state index < -0.39 is 11.8 Å². The zero-order valence-corrected chi connectivity index (χ0v) is 12.5. The van der Waals surface area contributed by atoms with Gasteiger partial charge in [-0.3, -0.25) is 9.59 Å². The molecular weight excluding hydrogens is 292 g/mol. The van der Waals surface area contributed by atoms with Gasteiger partial charge in [0.15, 0.2) is 0 Å². The van der Waals surface area contributed by atoms with Gasteiger partial charge in [-0.05, 0) is 12.1 Å². The highest BCUT2D eigenvalue weighted by Gasteiger charge is 2.22. The lowest BCUT2D eigenvalue weighted by molar-refractivity contribution is -0.143. The zero-order valence-electron chi connectivity index (χ0n) is 12.5. The smallest absolute Gasteiger partial charge is 0.314 e. The number of aliphatic hydroxyl groups excluding tert-OH is 2. The number of carbonyl (C=O) groups is 2. The van der Waals surface area contributed by atoms with Gasteiger partial charge in [0, 0.05) is 19.2 Å². The molecule has 0 heterocycles. The van der Waals surface area contributed by atoms with Crippen LogP contribution in [0.2, 0.25) is 0 Å². The Labute approximate surface area is 128 Å². The van der Waals surface area contributed by atoms with Crippen molar-refractivity contribution in [3.63, 3.8) is 0 Å². The first-order valence-electron chi connectivity index (χ1n) is 6.61. The van der Waals surface area contributed by atoms with Gasteiger partial charge in [0.25, 0.3) is 0 Å². The van der Waals surface area contributed by atoms with Crippen molar-refractivity contribution in [3.05, 3.63) is 18.2 Å². The highest BCUT2D eigenvalue weighted by molar-refractivity contribution is 6.39. The summed E-state index contributed by atoms with van der Waals surface area (Å²) < 4.78 is 10.2. The quantitative estimate of drug-likeness (QED) is 0.583. The highest BCUT2D eigenvalue weighted by atomic mass is 16.5. The standard InChI is InChI=1S/C14H20N2O6/c1-21-10-3-4-11(12(9-10)22-2)15-13(19)14(20)16(5-7-17)6-8-18/h3-4,9,17-18H,5-8H2,1-2H3,(H,15,19). The van der Waals surface area contributed by atoms with Crippen molar-refractivity contribution in [2.45, 2.75) is 0 Å². The topological polar surface area (TPSA) is 108 Å². The van der Waals surface area contributed by atoms with Crippen molar-refractivity contribution in [1.82, 2.24) is 4.90 Å². The number of hydrogen-bond donors (Lipinski definition) is 3. The molecule has 0 aliphatic rings. The number of nitrogens with zero attached hydrogens (tertiary/aromatic N) is 1. The van der Waals surface area contributed by atoms with E-state index in [1.54, 1.807) is 18.2 Å². The van der Waals surface area contributed by atoms with Crippen LogP contribution in [0.1, 0.15) is 0 Å². The summed E-state index contributed by atoms with van der Waals surface area (Å²) in [5.74, 6) is -0.842. The van der Waals surface area contributed by atoms with Crippen LogP contribution in [0.4, 0.5) is 5.69 Å². The van der Waals surface area contributed by atoms with Crippen LogP contribution in [0.25, 0.3) is 0 Å². The number of methoxy groups -OCH3 is 2. The average molecular weight is 312 g/mol. The lowest BCUT2D eigenvalue weighted by Crippen LogP contribution is -2.42. The van der Waals surface area contributed by atoms with Crippen LogP contribution >= 0.6 is 0 Å². The molecule has 0 saturated carbocycles. The maximum atomic E-state index is 12.0. The summed E-state index contributed by atoms with van der Waals surface area (Å²) in [6.07, 6.45) is 0. The lowest BCUT2D eigenvalue weighted by atomic mass is 10.2. The molecule has 1 aromatic rings. The second-order valence-electron chi connectivity index (χ2n) is 4.26. The molecular formula is C14H20N2O6. The fourth-order valence-electron chi connectivity index (χ4n) is 1.78. The molecule has 0 spiro atoms. The highest BCUT2D eigenvalue weighted by Crippen LogP contribution is 2.28. The fraction of sp³-hybridized carbons (Fsp3) is 0.429. The number of carbonyl (C=O) groups excluding carboxylic acids is 2. The van der Waals surface area contributed by atoms with Crippen LogP contribution in [0.15, 0.2) is 18.2 Å². The third-order valence-corrected chi connectivity index (χ3v) is 2.88. The number of anilines is 1. The number of rotatable bonds is 7. The normalized spacial score (nSPS) is 10.0. The van der Waals surface area contributed by atoms with Crippen LogP contribution in [-0.2, 0) is 9.59 Å². The van der Waals surface area contributed by atoms with Crippen molar-refractivity contribution < 1.29 is 29.3 Å². The van der Waals surface area contributed by atoms with Crippen molar-refractivity contribution in [2.24, 2.45) is 0 Å². The molecule has 0 radical (unpaired) electrons. The Hall–Kier alpha value is -2.32. The molecule has 122 valence electrons. The van der Waals surface area contributed by atoms with Crippen LogP contribution in [0.5, 0.6) is 11.5 Å². The van der Waals surface area contributed by atoms with Crippen molar-refractivity contribution in [1.29, 1.82) is 0 Å². The molecule has 0 aliphatic carbocycles. The second-order valence-corrected chi connectivity index (χ2v) is 4.26. The van der Waals surface area contributed by atoms with Crippen molar-refractivity contribution in [3.8, 4) is 11.5 Å². The van der Waals surface area contributed by atoms with Crippen molar-refractivity contribution in [2.75, 3.05) is 45.8 Å².